The first-order valence-electron chi connectivity index (χ1n) is 9.48. The summed E-state index contributed by atoms with van der Waals surface area (Å²) in [5.74, 6) is -1.65. The molecule has 0 atom stereocenters. The van der Waals surface area contributed by atoms with Crippen LogP contribution in [0, 0.1) is 10.1 Å². The van der Waals surface area contributed by atoms with Crippen molar-refractivity contribution in [1.82, 2.24) is 4.90 Å². The molecule has 9 nitrogen and oxygen atoms in total. The first kappa shape index (κ1) is 22.8. The van der Waals surface area contributed by atoms with Gasteiger partial charge in [-0.2, -0.15) is 0 Å². The third kappa shape index (κ3) is 6.33. The largest absolute Gasteiger partial charge is 0.573 e. The lowest BCUT2D eigenvalue weighted by molar-refractivity contribution is -0.384. The van der Waals surface area contributed by atoms with Crippen molar-refractivity contribution in [2.75, 3.05) is 24.2 Å². The fourth-order valence-electron chi connectivity index (χ4n) is 2.83. The molecule has 0 bridgehead atoms. The highest BCUT2D eigenvalue weighted by Crippen LogP contribution is 2.31. The average Bonchev–Trinajstić information content (AvgIpc) is 3.52. The van der Waals surface area contributed by atoms with Gasteiger partial charge < -0.3 is 20.3 Å². The molecule has 12 heteroatoms. The van der Waals surface area contributed by atoms with Gasteiger partial charge in [0.2, 0.25) is 5.91 Å². The SMILES string of the molecule is CN(CC(=O)Nc1ccc(OC(F)(F)F)cc1)C(=O)c1ccc(NC2CC2)c([N+](=O)[O-])c1. The molecule has 3 rings (SSSR count). The number of nitrogens with zero attached hydrogens (tertiary/aromatic N) is 2. The Morgan fingerprint density at radius 3 is 2.41 bits per heavy atom. The molecule has 0 heterocycles. The number of amides is 2. The van der Waals surface area contributed by atoms with E-state index in [-0.39, 0.29) is 29.5 Å². The van der Waals surface area contributed by atoms with Crippen LogP contribution in [0.25, 0.3) is 0 Å². The molecule has 0 unspecified atom stereocenters. The number of nitro benzene ring substituents is 1. The summed E-state index contributed by atoms with van der Waals surface area (Å²) in [6.45, 7) is -0.379. The summed E-state index contributed by atoms with van der Waals surface area (Å²) in [5, 5.41) is 16.8. The van der Waals surface area contributed by atoms with Crippen LogP contribution in [0.4, 0.5) is 30.2 Å². The quantitative estimate of drug-likeness (QED) is 0.466. The number of nitrogens with one attached hydrogen (secondary N) is 2. The van der Waals surface area contributed by atoms with Gasteiger partial charge in [-0.05, 0) is 49.2 Å². The highest BCUT2D eigenvalue weighted by atomic mass is 19.4. The van der Waals surface area contributed by atoms with Crippen molar-refractivity contribution in [3.63, 3.8) is 0 Å². The van der Waals surface area contributed by atoms with Crippen LogP contribution in [-0.2, 0) is 4.79 Å². The maximum absolute atomic E-state index is 12.6. The Morgan fingerprint density at radius 1 is 1.19 bits per heavy atom. The maximum Gasteiger partial charge on any atom is 0.573 e. The summed E-state index contributed by atoms with van der Waals surface area (Å²) in [5.41, 5.74) is 0.340. The average molecular weight is 452 g/mol. The van der Waals surface area contributed by atoms with Gasteiger partial charge in [-0.25, -0.2) is 0 Å². The normalized spacial score (nSPS) is 13.2. The van der Waals surface area contributed by atoms with Crippen LogP contribution in [0.2, 0.25) is 0 Å². The fourth-order valence-corrected chi connectivity index (χ4v) is 2.83. The van der Waals surface area contributed by atoms with Gasteiger partial charge in [0.05, 0.1) is 11.5 Å². The standard InChI is InChI=1S/C20H19F3N4O5/c1-26(11-18(28)25-14-5-7-15(8-6-14)32-20(21,22)23)19(29)12-2-9-16(24-13-3-4-13)17(10-12)27(30)31/h2,5-10,13,24H,3-4,11H2,1H3,(H,25,28). The zero-order chi connectivity index (χ0) is 23.5. The summed E-state index contributed by atoms with van der Waals surface area (Å²) in [7, 11) is 1.35. The summed E-state index contributed by atoms with van der Waals surface area (Å²) < 4.78 is 40.3. The summed E-state index contributed by atoms with van der Waals surface area (Å²) >= 11 is 0. The molecule has 1 aliphatic rings. The van der Waals surface area contributed by atoms with E-state index in [2.05, 4.69) is 15.4 Å². The summed E-state index contributed by atoms with van der Waals surface area (Å²) in [4.78, 5) is 36.7. The lowest BCUT2D eigenvalue weighted by Gasteiger charge is -2.17. The fraction of sp³-hybridized carbons (Fsp3) is 0.300. The summed E-state index contributed by atoms with van der Waals surface area (Å²) in [6.07, 6.45) is -2.98. The molecular weight excluding hydrogens is 433 g/mol. The van der Waals surface area contributed by atoms with E-state index in [9.17, 15) is 32.9 Å². The topological polar surface area (TPSA) is 114 Å². The minimum Gasteiger partial charge on any atom is -0.406 e. The Hall–Kier alpha value is -3.83. The number of alkyl halides is 3. The molecule has 0 saturated heterocycles. The van der Waals surface area contributed by atoms with E-state index >= 15 is 0 Å². The van der Waals surface area contributed by atoms with Crippen molar-refractivity contribution in [3.8, 4) is 5.75 Å². The summed E-state index contributed by atoms with van der Waals surface area (Å²) in [6, 6.07) is 8.75. The van der Waals surface area contributed by atoms with E-state index in [1.807, 2.05) is 0 Å². The number of benzene rings is 2. The van der Waals surface area contributed by atoms with E-state index in [0.717, 1.165) is 35.9 Å². The van der Waals surface area contributed by atoms with E-state index in [4.69, 9.17) is 0 Å². The smallest absolute Gasteiger partial charge is 0.406 e. The van der Waals surface area contributed by atoms with Crippen LogP contribution < -0.4 is 15.4 Å². The molecular formula is C20H19F3N4O5. The zero-order valence-electron chi connectivity index (χ0n) is 16.8. The van der Waals surface area contributed by atoms with E-state index in [1.54, 1.807) is 0 Å². The molecule has 2 N–H and O–H groups in total. The number of hydrogen-bond acceptors (Lipinski definition) is 6. The van der Waals surface area contributed by atoms with Gasteiger partial charge in [0.1, 0.15) is 11.4 Å². The number of halogens is 3. The van der Waals surface area contributed by atoms with Crippen molar-refractivity contribution in [3.05, 3.63) is 58.1 Å². The second-order valence-electron chi connectivity index (χ2n) is 7.19. The lowest BCUT2D eigenvalue weighted by Crippen LogP contribution is -2.35. The van der Waals surface area contributed by atoms with E-state index in [1.165, 1.54) is 31.3 Å². The van der Waals surface area contributed by atoms with Crippen LogP contribution >= 0.6 is 0 Å². The van der Waals surface area contributed by atoms with E-state index in [0.29, 0.717) is 5.69 Å². The number of ether oxygens (including phenoxy) is 1. The Morgan fingerprint density at radius 2 is 1.84 bits per heavy atom. The Labute approximate surface area is 180 Å². The van der Waals surface area contributed by atoms with Gasteiger partial charge in [-0.15, -0.1) is 13.2 Å². The molecule has 1 saturated carbocycles. The Kier molecular flexibility index (Phi) is 6.51. The molecule has 0 aromatic heterocycles. The number of likely N-dealkylation sites (N-methyl/N-ethyl adjacent to an activating group) is 1. The van der Waals surface area contributed by atoms with Crippen LogP contribution in [-0.4, -0.2) is 47.6 Å². The zero-order valence-corrected chi connectivity index (χ0v) is 16.8. The molecule has 32 heavy (non-hydrogen) atoms. The first-order valence-corrected chi connectivity index (χ1v) is 9.48. The number of hydrogen-bond donors (Lipinski definition) is 2. The Balaban J connectivity index is 1.60. The van der Waals surface area contributed by atoms with Crippen LogP contribution in [0.15, 0.2) is 42.5 Å². The highest BCUT2D eigenvalue weighted by Gasteiger charge is 2.31. The van der Waals surface area contributed by atoms with Gasteiger partial charge in [0.25, 0.3) is 11.6 Å². The third-order valence-electron chi connectivity index (χ3n) is 4.48. The van der Waals surface area contributed by atoms with Crippen LogP contribution in [0.1, 0.15) is 23.2 Å². The number of carbonyl (C=O) groups is 2. The molecule has 1 fully saturated rings. The molecule has 0 spiro atoms. The van der Waals surface area contributed by atoms with E-state index < -0.39 is 28.8 Å². The van der Waals surface area contributed by atoms with Gasteiger partial charge in [-0.3, -0.25) is 19.7 Å². The van der Waals surface area contributed by atoms with Gasteiger partial charge in [-0.1, -0.05) is 0 Å². The van der Waals surface area contributed by atoms with Gasteiger partial charge >= 0.3 is 6.36 Å². The number of anilines is 2. The molecule has 2 amide bonds. The minimum atomic E-state index is -4.82. The highest BCUT2D eigenvalue weighted by molar-refractivity contribution is 6.00. The van der Waals surface area contributed by atoms with Crippen molar-refractivity contribution in [2.24, 2.45) is 0 Å². The monoisotopic (exact) mass is 452 g/mol. The van der Waals surface area contributed by atoms with Crippen LogP contribution in [0.5, 0.6) is 5.75 Å². The predicted molar refractivity (Wildman–Crippen MR) is 108 cm³/mol. The first-order chi connectivity index (χ1) is 15.0. The van der Waals surface area contributed by atoms with Gasteiger partial charge in [0, 0.05) is 30.4 Å². The maximum atomic E-state index is 12.6. The molecule has 2 aromatic rings. The van der Waals surface area contributed by atoms with Gasteiger partial charge in [0.15, 0.2) is 0 Å². The number of nitro groups is 1. The molecule has 0 radical (unpaired) electrons. The Bertz CT molecular complexity index is 1020. The predicted octanol–water partition coefficient (Wildman–Crippen LogP) is 3.78. The van der Waals surface area contributed by atoms with Crippen molar-refractivity contribution in [2.45, 2.75) is 25.2 Å². The second-order valence-corrected chi connectivity index (χ2v) is 7.19. The van der Waals surface area contributed by atoms with Crippen LogP contribution in [0.3, 0.4) is 0 Å². The second kappa shape index (κ2) is 9.12. The molecule has 2 aromatic carbocycles. The number of rotatable bonds is 8. The molecule has 0 aliphatic heterocycles. The third-order valence-corrected chi connectivity index (χ3v) is 4.48. The van der Waals surface area contributed by atoms with Crippen molar-refractivity contribution in [1.29, 1.82) is 0 Å². The minimum absolute atomic E-state index is 0.0435. The number of carbonyl (C=O) groups excluding carboxylic acids is 2. The van der Waals surface area contributed by atoms with Crippen molar-refractivity contribution < 1.29 is 32.4 Å². The molecule has 1 aliphatic carbocycles. The lowest BCUT2D eigenvalue weighted by atomic mass is 10.1. The molecule has 170 valence electrons. The van der Waals surface area contributed by atoms with Crippen molar-refractivity contribution >= 4 is 28.9 Å².